The van der Waals surface area contributed by atoms with Crippen molar-refractivity contribution in [2.45, 2.75) is 75.5 Å². The van der Waals surface area contributed by atoms with Crippen molar-refractivity contribution in [3.63, 3.8) is 0 Å². The standard InChI is InChI=1S/C6H14N2O3.C5H10N2O3.C5H9NO4.C4H8N2O3/c7-4-2-1-3-5(8-11)6(9)10;2*6-3(5(9)10)1-2-4(7)8;5-2(4(8)9)1-3(6)7/h5,8,11H,1-4,7H2,(H,9,10);3H,1-2,6H2,(H2,7,8)(H,9,10);3H,1-2,6H2,(H,7,8)(H,9,10);2H,1,5H2,(H2,6,7)(H,8,9). The van der Waals surface area contributed by atoms with Crippen LogP contribution >= 0.6 is 0 Å². The van der Waals surface area contributed by atoms with Crippen LogP contribution in [0.2, 0.25) is 0 Å². The summed E-state index contributed by atoms with van der Waals surface area (Å²) >= 11 is 0. The zero-order valence-corrected chi connectivity index (χ0v) is 21.7. The van der Waals surface area contributed by atoms with E-state index >= 15 is 0 Å². The van der Waals surface area contributed by atoms with Gasteiger partial charge in [-0.25, -0.2) is 0 Å². The first-order valence-corrected chi connectivity index (χ1v) is 11.4. The largest absolute Gasteiger partial charge is 0.481 e. The van der Waals surface area contributed by atoms with Gasteiger partial charge in [0.1, 0.15) is 24.2 Å². The van der Waals surface area contributed by atoms with Gasteiger partial charge in [0.2, 0.25) is 11.8 Å². The van der Waals surface area contributed by atoms with E-state index in [0.29, 0.717) is 19.4 Å². The third kappa shape index (κ3) is 34.0. The van der Waals surface area contributed by atoms with E-state index in [1.165, 1.54) is 0 Å². The lowest BCUT2D eigenvalue weighted by molar-refractivity contribution is -0.143. The first-order valence-electron chi connectivity index (χ1n) is 11.4. The van der Waals surface area contributed by atoms with E-state index in [1.807, 2.05) is 0 Å². The van der Waals surface area contributed by atoms with Gasteiger partial charge < -0.3 is 65.1 Å². The van der Waals surface area contributed by atoms with Crippen LogP contribution in [-0.4, -0.2) is 103 Å². The van der Waals surface area contributed by atoms with Crippen LogP contribution < -0.4 is 39.9 Å². The Morgan fingerprint density at radius 2 is 1.02 bits per heavy atom. The first kappa shape index (κ1) is 43.1. The fourth-order valence-corrected chi connectivity index (χ4v) is 1.86. The van der Waals surface area contributed by atoms with Gasteiger partial charge in [0.25, 0.3) is 0 Å². The number of hydroxylamine groups is 1. The normalized spacial score (nSPS) is 12.6. The monoisotopic (exact) mass is 587 g/mol. The second-order valence-electron chi connectivity index (χ2n) is 7.75. The SMILES string of the molecule is NC(=O)CC(N)C(=O)O.NC(=O)CCC(N)C(=O)O.NC(CCC(=O)O)C(=O)O.NCCCCC(NO)C(=O)O. The molecule has 0 rings (SSSR count). The molecule has 0 aromatic rings. The number of carbonyl (C=O) groups is 7. The Morgan fingerprint density at radius 3 is 1.27 bits per heavy atom. The predicted octanol–water partition coefficient (Wildman–Crippen LogP) is -4.25. The molecule has 0 aromatic heterocycles. The predicted molar refractivity (Wildman–Crippen MR) is 135 cm³/mol. The van der Waals surface area contributed by atoms with Gasteiger partial charge in [-0.1, -0.05) is 0 Å². The molecule has 20 heteroatoms. The third-order valence-electron chi connectivity index (χ3n) is 4.14. The molecule has 4 atom stereocenters. The lowest BCUT2D eigenvalue weighted by atomic mass is 10.1. The van der Waals surface area contributed by atoms with Gasteiger partial charge in [0.15, 0.2) is 0 Å². The van der Waals surface area contributed by atoms with Crippen LogP contribution in [0.25, 0.3) is 0 Å². The quantitative estimate of drug-likeness (QED) is 0.0565. The minimum Gasteiger partial charge on any atom is -0.481 e. The molecule has 234 valence electrons. The molecular weight excluding hydrogens is 546 g/mol. The summed E-state index contributed by atoms with van der Waals surface area (Å²) in [6.07, 6.45) is 1.49. The topological polar surface area (TPSA) is 409 Å². The number of hydrogen-bond donors (Lipinski definition) is 13. The van der Waals surface area contributed by atoms with Crippen LogP contribution in [0.3, 0.4) is 0 Å². The number of amides is 2. The Balaban J connectivity index is -0.000000217. The summed E-state index contributed by atoms with van der Waals surface area (Å²) in [6, 6.07) is -4.06. The van der Waals surface area contributed by atoms with Crippen LogP contribution in [0.15, 0.2) is 0 Å². The lowest BCUT2D eigenvalue weighted by Gasteiger charge is -2.08. The summed E-state index contributed by atoms with van der Waals surface area (Å²) in [5.41, 5.74) is 31.3. The summed E-state index contributed by atoms with van der Waals surface area (Å²) < 4.78 is 0. The zero-order valence-electron chi connectivity index (χ0n) is 21.7. The molecule has 0 spiro atoms. The van der Waals surface area contributed by atoms with Crippen molar-refractivity contribution >= 4 is 41.7 Å². The van der Waals surface area contributed by atoms with E-state index in [4.69, 9.17) is 59.4 Å². The van der Waals surface area contributed by atoms with Crippen LogP contribution in [0, 0.1) is 0 Å². The minimum atomic E-state index is -1.21. The molecule has 0 aliphatic carbocycles. The highest BCUT2D eigenvalue weighted by Gasteiger charge is 2.15. The molecule has 0 aliphatic heterocycles. The van der Waals surface area contributed by atoms with Gasteiger partial charge in [-0.15, -0.1) is 0 Å². The van der Waals surface area contributed by atoms with Crippen molar-refractivity contribution in [1.29, 1.82) is 0 Å². The minimum absolute atomic E-state index is 0.0213. The highest BCUT2D eigenvalue weighted by atomic mass is 16.5. The van der Waals surface area contributed by atoms with Crippen molar-refractivity contribution < 1.29 is 64.3 Å². The molecule has 2 amide bonds. The molecule has 0 fully saturated rings. The molecular formula is C20H41N7O13. The zero-order chi connectivity index (χ0) is 32.4. The molecule has 0 radical (unpaired) electrons. The van der Waals surface area contributed by atoms with Gasteiger partial charge in [-0.2, -0.15) is 5.48 Å². The Morgan fingerprint density at radius 1 is 0.600 bits per heavy atom. The van der Waals surface area contributed by atoms with E-state index in [2.05, 4.69) is 5.73 Å². The number of nitrogens with two attached hydrogens (primary N) is 6. The van der Waals surface area contributed by atoms with E-state index in [1.54, 1.807) is 5.48 Å². The molecule has 40 heavy (non-hydrogen) atoms. The second kappa shape index (κ2) is 26.6. The fraction of sp³-hybridized carbons (Fsp3) is 0.650. The number of aliphatic carboxylic acids is 5. The number of unbranched alkanes of at least 4 members (excludes halogenated alkanes) is 1. The van der Waals surface area contributed by atoms with E-state index in [-0.39, 0.29) is 32.1 Å². The summed E-state index contributed by atoms with van der Waals surface area (Å²) in [5, 5.41) is 49.3. The van der Waals surface area contributed by atoms with E-state index in [9.17, 15) is 33.6 Å². The molecule has 19 N–H and O–H groups in total. The highest BCUT2D eigenvalue weighted by molar-refractivity contribution is 5.83. The Hall–Kier alpha value is -3.95. The van der Waals surface area contributed by atoms with Crippen molar-refractivity contribution in [2.75, 3.05) is 6.54 Å². The van der Waals surface area contributed by atoms with Crippen LogP contribution in [0.5, 0.6) is 0 Å². The second-order valence-corrected chi connectivity index (χ2v) is 7.75. The van der Waals surface area contributed by atoms with Gasteiger partial charge in [0.05, 0.1) is 6.42 Å². The van der Waals surface area contributed by atoms with Gasteiger partial charge in [0, 0.05) is 12.8 Å². The number of primary amides is 2. The number of carbonyl (C=O) groups excluding carboxylic acids is 2. The van der Waals surface area contributed by atoms with Crippen LogP contribution in [0.4, 0.5) is 0 Å². The Kier molecular flexibility index (Phi) is 28.7. The molecule has 20 nitrogen and oxygen atoms in total. The Labute approximate surface area is 228 Å². The maximum atomic E-state index is 10.3. The summed E-state index contributed by atoms with van der Waals surface area (Å²) in [5.74, 6) is -6.79. The number of nitrogens with one attached hydrogen (secondary N) is 1. The van der Waals surface area contributed by atoms with Crippen molar-refractivity contribution in [2.24, 2.45) is 34.4 Å². The third-order valence-corrected chi connectivity index (χ3v) is 4.14. The highest BCUT2D eigenvalue weighted by Crippen LogP contribution is 1.99. The average Bonchev–Trinajstić information content (AvgIpc) is 2.83. The van der Waals surface area contributed by atoms with Crippen molar-refractivity contribution in [3.8, 4) is 0 Å². The van der Waals surface area contributed by atoms with Gasteiger partial charge in [-0.05, 0) is 38.6 Å². The maximum absolute atomic E-state index is 10.3. The molecule has 0 saturated carbocycles. The maximum Gasteiger partial charge on any atom is 0.323 e. The summed E-state index contributed by atoms with van der Waals surface area (Å²) in [6.45, 7) is 0.553. The van der Waals surface area contributed by atoms with Gasteiger partial charge >= 0.3 is 29.8 Å². The number of carboxylic acid groups (broad SMARTS) is 5. The molecule has 0 aromatic carbocycles. The van der Waals surface area contributed by atoms with Crippen molar-refractivity contribution in [1.82, 2.24) is 5.48 Å². The average molecular weight is 588 g/mol. The molecule has 0 saturated heterocycles. The van der Waals surface area contributed by atoms with E-state index < -0.39 is 65.8 Å². The van der Waals surface area contributed by atoms with Crippen molar-refractivity contribution in [3.05, 3.63) is 0 Å². The van der Waals surface area contributed by atoms with E-state index in [0.717, 1.165) is 6.42 Å². The number of rotatable bonds is 17. The summed E-state index contributed by atoms with van der Waals surface area (Å²) in [4.78, 5) is 70.2. The molecule has 0 bridgehead atoms. The number of carboxylic acids is 5. The molecule has 0 heterocycles. The smallest absolute Gasteiger partial charge is 0.323 e. The fourth-order valence-electron chi connectivity index (χ4n) is 1.86. The van der Waals surface area contributed by atoms with Crippen LogP contribution in [-0.2, 0) is 33.6 Å². The Bertz CT molecular complexity index is 765. The first-order chi connectivity index (χ1) is 18.3. The summed E-state index contributed by atoms with van der Waals surface area (Å²) in [7, 11) is 0. The van der Waals surface area contributed by atoms with Gasteiger partial charge in [-0.3, -0.25) is 33.6 Å². The molecule has 4 unspecified atom stereocenters. The van der Waals surface area contributed by atoms with Crippen LogP contribution in [0.1, 0.15) is 51.4 Å². The number of hydrogen-bond acceptors (Lipinski definition) is 13. The molecule has 0 aliphatic rings. The lowest BCUT2D eigenvalue weighted by Crippen LogP contribution is -2.34.